The number of rotatable bonds is 3. The molecule has 0 radical (unpaired) electrons. The molecule has 0 spiro atoms. The molecule has 0 heterocycles. The summed E-state index contributed by atoms with van der Waals surface area (Å²) >= 11 is 0. The van der Waals surface area contributed by atoms with Crippen LogP contribution in [0.4, 0.5) is 0 Å². The first-order valence-electron chi connectivity index (χ1n) is 4.59. The zero-order valence-electron chi connectivity index (χ0n) is 8.89. The summed E-state index contributed by atoms with van der Waals surface area (Å²) < 4.78 is 0. The van der Waals surface area contributed by atoms with Crippen molar-refractivity contribution in [3.63, 3.8) is 0 Å². The van der Waals surface area contributed by atoms with Crippen LogP contribution >= 0.6 is 0 Å². The third-order valence-corrected chi connectivity index (χ3v) is 1.99. The summed E-state index contributed by atoms with van der Waals surface area (Å²) in [5.74, 6) is 0.621. The highest BCUT2D eigenvalue weighted by Crippen LogP contribution is 2.11. The molecule has 0 aliphatic carbocycles. The predicted octanol–water partition coefficient (Wildman–Crippen LogP) is 4.11. The number of hydrogen-bond donors (Lipinski definition) is 0. The SMILES string of the molecule is C\C=C(C)/C=C\C(=C/C)C(C)C. The normalized spacial score (nSPS) is 14.8. The van der Waals surface area contributed by atoms with Gasteiger partial charge in [-0.2, -0.15) is 0 Å². The second-order valence-electron chi connectivity index (χ2n) is 3.31. The molecule has 0 bridgehead atoms. The molecule has 0 aromatic carbocycles. The Balaban J connectivity index is 4.32. The minimum absolute atomic E-state index is 0.621. The van der Waals surface area contributed by atoms with Crippen LogP contribution in [0.25, 0.3) is 0 Å². The summed E-state index contributed by atoms with van der Waals surface area (Å²) in [5, 5.41) is 0. The highest BCUT2D eigenvalue weighted by Gasteiger charge is 1.95. The Morgan fingerprint density at radius 3 is 1.92 bits per heavy atom. The lowest BCUT2D eigenvalue weighted by Gasteiger charge is -2.04. The van der Waals surface area contributed by atoms with Gasteiger partial charge in [-0.15, -0.1) is 0 Å². The van der Waals surface area contributed by atoms with Crippen molar-refractivity contribution in [2.75, 3.05) is 0 Å². The van der Waals surface area contributed by atoms with Gasteiger partial charge in [0.15, 0.2) is 0 Å². The van der Waals surface area contributed by atoms with Crippen molar-refractivity contribution >= 4 is 0 Å². The summed E-state index contributed by atoms with van der Waals surface area (Å²) in [7, 11) is 0. The van der Waals surface area contributed by atoms with Gasteiger partial charge in [0.1, 0.15) is 0 Å². The van der Waals surface area contributed by atoms with Crippen LogP contribution in [0.15, 0.2) is 35.5 Å². The van der Waals surface area contributed by atoms with E-state index >= 15 is 0 Å². The monoisotopic (exact) mass is 164 g/mol. The third-order valence-electron chi connectivity index (χ3n) is 1.99. The van der Waals surface area contributed by atoms with Crippen LogP contribution in [0.2, 0.25) is 0 Å². The molecule has 0 aromatic heterocycles. The van der Waals surface area contributed by atoms with Gasteiger partial charge in [-0.3, -0.25) is 0 Å². The van der Waals surface area contributed by atoms with E-state index in [1.165, 1.54) is 11.1 Å². The smallest absolute Gasteiger partial charge is 0.0222 e. The molecule has 0 amide bonds. The molecule has 0 saturated carbocycles. The van der Waals surface area contributed by atoms with Gasteiger partial charge >= 0.3 is 0 Å². The van der Waals surface area contributed by atoms with Crippen LogP contribution in [0, 0.1) is 5.92 Å². The maximum Gasteiger partial charge on any atom is -0.0222 e. The van der Waals surface area contributed by atoms with Gasteiger partial charge in [0, 0.05) is 0 Å². The molecule has 0 rings (SSSR count). The Morgan fingerprint density at radius 2 is 1.58 bits per heavy atom. The Kier molecular flexibility index (Phi) is 5.44. The Morgan fingerprint density at radius 1 is 1.00 bits per heavy atom. The van der Waals surface area contributed by atoms with Crippen LogP contribution in [-0.4, -0.2) is 0 Å². The lowest BCUT2D eigenvalue weighted by atomic mass is 10.0. The summed E-state index contributed by atoms with van der Waals surface area (Å²) in [5.41, 5.74) is 2.71. The van der Waals surface area contributed by atoms with Gasteiger partial charge in [0.05, 0.1) is 0 Å². The first-order valence-corrected chi connectivity index (χ1v) is 4.59. The van der Waals surface area contributed by atoms with Gasteiger partial charge in [-0.1, -0.05) is 43.7 Å². The molecule has 0 nitrogen and oxygen atoms in total. The van der Waals surface area contributed by atoms with Crippen LogP contribution in [0.5, 0.6) is 0 Å². The Labute approximate surface area is 76.7 Å². The van der Waals surface area contributed by atoms with Crippen molar-refractivity contribution < 1.29 is 0 Å². The van der Waals surface area contributed by atoms with Gasteiger partial charge in [-0.25, -0.2) is 0 Å². The summed E-state index contributed by atoms with van der Waals surface area (Å²) in [6.07, 6.45) is 8.64. The molecule has 0 aliphatic heterocycles. The fourth-order valence-corrected chi connectivity index (χ4v) is 0.946. The number of allylic oxidation sites excluding steroid dienone is 6. The van der Waals surface area contributed by atoms with Gasteiger partial charge < -0.3 is 0 Å². The fraction of sp³-hybridized carbons (Fsp3) is 0.500. The van der Waals surface area contributed by atoms with E-state index < -0.39 is 0 Å². The van der Waals surface area contributed by atoms with Crippen LogP contribution in [0.3, 0.4) is 0 Å². The van der Waals surface area contributed by atoms with E-state index in [9.17, 15) is 0 Å². The lowest BCUT2D eigenvalue weighted by Crippen LogP contribution is -1.89. The van der Waals surface area contributed by atoms with Crippen molar-refractivity contribution in [2.45, 2.75) is 34.6 Å². The fourth-order valence-electron chi connectivity index (χ4n) is 0.946. The van der Waals surface area contributed by atoms with E-state index in [4.69, 9.17) is 0 Å². The van der Waals surface area contributed by atoms with E-state index in [-0.39, 0.29) is 0 Å². The largest absolute Gasteiger partial charge is 0.0847 e. The topological polar surface area (TPSA) is 0 Å². The minimum Gasteiger partial charge on any atom is -0.0847 e. The molecule has 68 valence electrons. The lowest BCUT2D eigenvalue weighted by molar-refractivity contribution is 0.789. The van der Waals surface area contributed by atoms with E-state index in [1.807, 2.05) is 0 Å². The summed E-state index contributed by atoms with van der Waals surface area (Å²) in [4.78, 5) is 0. The first kappa shape index (κ1) is 11.2. The maximum atomic E-state index is 2.21. The molecule has 12 heavy (non-hydrogen) atoms. The summed E-state index contributed by atoms with van der Waals surface area (Å²) in [6.45, 7) is 10.7. The first-order chi connectivity index (χ1) is 5.61. The van der Waals surface area contributed by atoms with Crippen LogP contribution < -0.4 is 0 Å². The number of hydrogen-bond acceptors (Lipinski definition) is 0. The Bertz CT molecular complexity index is 202. The van der Waals surface area contributed by atoms with E-state index in [0.717, 1.165) is 0 Å². The average molecular weight is 164 g/mol. The van der Waals surface area contributed by atoms with Crippen molar-refractivity contribution in [3.05, 3.63) is 35.5 Å². The molecule has 0 aliphatic rings. The van der Waals surface area contributed by atoms with Crippen molar-refractivity contribution in [1.29, 1.82) is 0 Å². The van der Waals surface area contributed by atoms with Crippen LogP contribution in [-0.2, 0) is 0 Å². The molecule has 0 fully saturated rings. The van der Waals surface area contributed by atoms with E-state index in [1.54, 1.807) is 0 Å². The Hall–Kier alpha value is -0.780. The second-order valence-corrected chi connectivity index (χ2v) is 3.31. The molecule has 0 unspecified atom stereocenters. The molecular formula is C12H20. The van der Waals surface area contributed by atoms with Crippen molar-refractivity contribution in [3.8, 4) is 0 Å². The maximum absolute atomic E-state index is 2.21. The third kappa shape index (κ3) is 4.17. The zero-order chi connectivity index (χ0) is 9.56. The highest BCUT2D eigenvalue weighted by atomic mass is 14.0. The van der Waals surface area contributed by atoms with E-state index in [0.29, 0.717) is 5.92 Å². The molecule has 0 saturated heterocycles. The van der Waals surface area contributed by atoms with Gasteiger partial charge in [-0.05, 0) is 32.3 Å². The second kappa shape index (κ2) is 5.82. The van der Waals surface area contributed by atoms with Gasteiger partial charge in [0.25, 0.3) is 0 Å². The van der Waals surface area contributed by atoms with Crippen molar-refractivity contribution in [1.82, 2.24) is 0 Å². The molecule has 0 N–H and O–H groups in total. The molecular weight excluding hydrogens is 144 g/mol. The minimum atomic E-state index is 0.621. The molecule has 0 aromatic rings. The zero-order valence-corrected chi connectivity index (χ0v) is 8.89. The highest BCUT2D eigenvalue weighted by molar-refractivity contribution is 5.27. The van der Waals surface area contributed by atoms with Crippen LogP contribution in [0.1, 0.15) is 34.6 Å². The standard InChI is InChI=1S/C12H20/c1-6-11(5)8-9-12(7-2)10(3)4/h6-10H,1-5H3/b9-8-,11-6-,12-7+. The quantitative estimate of drug-likeness (QED) is 0.551. The van der Waals surface area contributed by atoms with Crippen molar-refractivity contribution in [2.24, 2.45) is 5.92 Å². The van der Waals surface area contributed by atoms with Gasteiger partial charge in [0.2, 0.25) is 0 Å². The molecule has 0 heteroatoms. The molecule has 0 atom stereocenters. The summed E-state index contributed by atoms with van der Waals surface area (Å²) in [6, 6.07) is 0. The average Bonchev–Trinajstić information content (AvgIpc) is 2.04. The predicted molar refractivity (Wildman–Crippen MR) is 57.2 cm³/mol. The van der Waals surface area contributed by atoms with E-state index in [2.05, 4.69) is 58.9 Å².